The van der Waals surface area contributed by atoms with E-state index in [-0.39, 0.29) is 6.04 Å². The Morgan fingerprint density at radius 1 is 1.08 bits per heavy atom. The number of aryl methyl sites for hydroxylation is 1. The second-order valence-corrected chi connectivity index (χ2v) is 6.82. The first-order chi connectivity index (χ1) is 11.7. The Labute approximate surface area is 145 Å². The van der Waals surface area contributed by atoms with Crippen molar-refractivity contribution in [1.82, 2.24) is 9.80 Å². The minimum atomic E-state index is 0.276. The summed E-state index contributed by atoms with van der Waals surface area (Å²) in [4.78, 5) is 9.46. The van der Waals surface area contributed by atoms with Gasteiger partial charge in [0.05, 0.1) is 25.8 Å². The van der Waals surface area contributed by atoms with E-state index in [1.54, 1.807) is 0 Å². The van der Waals surface area contributed by atoms with Crippen LogP contribution in [-0.4, -0.2) is 61.7 Å². The molecule has 132 valence electrons. The fourth-order valence-corrected chi connectivity index (χ4v) is 3.51. The van der Waals surface area contributed by atoms with Crippen molar-refractivity contribution in [2.24, 2.45) is 10.7 Å². The van der Waals surface area contributed by atoms with Crippen molar-refractivity contribution < 1.29 is 4.74 Å². The van der Waals surface area contributed by atoms with Crippen molar-refractivity contribution in [2.45, 2.75) is 32.2 Å². The Morgan fingerprint density at radius 2 is 1.75 bits per heavy atom. The van der Waals surface area contributed by atoms with Crippen LogP contribution in [0.1, 0.15) is 36.4 Å². The van der Waals surface area contributed by atoms with Crippen LogP contribution in [0, 0.1) is 6.92 Å². The van der Waals surface area contributed by atoms with Gasteiger partial charge in [-0.2, -0.15) is 0 Å². The molecule has 2 heterocycles. The lowest BCUT2D eigenvalue weighted by Crippen LogP contribution is -2.43. The van der Waals surface area contributed by atoms with Crippen molar-refractivity contribution in [2.75, 3.05) is 45.9 Å². The molecule has 0 amide bonds. The van der Waals surface area contributed by atoms with Gasteiger partial charge in [0.2, 0.25) is 0 Å². The number of guanidine groups is 1. The highest BCUT2D eigenvalue weighted by atomic mass is 16.5. The average Bonchev–Trinajstić information content (AvgIpc) is 2.65. The molecule has 2 fully saturated rings. The molecular formula is C19H30N4O. The monoisotopic (exact) mass is 330 g/mol. The molecular weight excluding hydrogens is 300 g/mol. The molecule has 5 heteroatoms. The molecule has 1 aromatic carbocycles. The number of hydrogen-bond donors (Lipinski definition) is 1. The lowest BCUT2D eigenvalue weighted by Gasteiger charge is -2.34. The van der Waals surface area contributed by atoms with Gasteiger partial charge in [0.1, 0.15) is 0 Å². The topological polar surface area (TPSA) is 54.1 Å². The third-order valence-electron chi connectivity index (χ3n) is 5.05. The molecule has 1 aromatic rings. The van der Waals surface area contributed by atoms with Crippen molar-refractivity contribution in [3.8, 4) is 0 Å². The van der Waals surface area contributed by atoms with Crippen LogP contribution in [0.25, 0.3) is 0 Å². The molecule has 0 saturated carbocycles. The average molecular weight is 330 g/mol. The van der Waals surface area contributed by atoms with Gasteiger partial charge in [-0.25, -0.2) is 0 Å². The zero-order valence-corrected chi connectivity index (χ0v) is 14.8. The second kappa shape index (κ2) is 8.49. The second-order valence-electron chi connectivity index (χ2n) is 6.82. The van der Waals surface area contributed by atoms with Gasteiger partial charge < -0.3 is 15.4 Å². The van der Waals surface area contributed by atoms with Crippen molar-refractivity contribution in [3.63, 3.8) is 0 Å². The summed E-state index contributed by atoms with van der Waals surface area (Å²) in [6.07, 6.45) is 3.76. The molecule has 2 aliphatic heterocycles. The standard InChI is InChI=1S/C19H30N4O/c1-16-5-7-17(8-6-16)18(22-11-13-24-14-12-22)15-21-19(20)23-9-3-2-4-10-23/h5-8,18H,2-4,9-15H2,1H3,(H2,20,21). The van der Waals surface area contributed by atoms with E-state index < -0.39 is 0 Å². The van der Waals surface area contributed by atoms with Gasteiger partial charge >= 0.3 is 0 Å². The third kappa shape index (κ3) is 4.48. The third-order valence-corrected chi connectivity index (χ3v) is 5.05. The fraction of sp³-hybridized carbons (Fsp3) is 0.632. The highest BCUT2D eigenvalue weighted by Crippen LogP contribution is 2.23. The molecule has 0 spiro atoms. The van der Waals surface area contributed by atoms with Crippen molar-refractivity contribution >= 4 is 5.96 Å². The molecule has 2 aliphatic rings. The number of piperidine rings is 1. The van der Waals surface area contributed by atoms with E-state index in [0.29, 0.717) is 12.5 Å². The van der Waals surface area contributed by atoms with E-state index in [1.807, 2.05) is 0 Å². The van der Waals surface area contributed by atoms with E-state index in [1.165, 1.54) is 30.4 Å². The maximum absolute atomic E-state index is 6.26. The predicted octanol–water partition coefficient (Wildman–Crippen LogP) is 2.17. The van der Waals surface area contributed by atoms with Crippen molar-refractivity contribution in [1.29, 1.82) is 0 Å². The summed E-state index contributed by atoms with van der Waals surface area (Å²) in [5, 5.41) is 0. The van der Waals surface area contributed by atoms with E-state index in [9.17, 15) is 0 Å². The minimum Gasteiger partial charge on any atom is -0.379 e. The number of hydrogen-bond acceptors (Lipinski definition) is 3. The Balaban J connectivity index is 1.72. The van der Waals surface area contributed by atoms with Crippen LogP contribution in [0.5, 0.6) is 0 Å². The Bertz CT molecular complexity index is 531. The summed E-state index contributed by atoms with van der Waals surface area (Å²) in [5.41, 5.74) is 8.87. The Kier molecular flexibility index (Phi) is 6.10. The quantitative estimate of drug-likeness (QED) is 0.679. The molecule has 3 rings (SSSR count). The first-order valence-electron chi connectivity index (χ1n) is 9.17. The number of nitrogens with zero attached hydrogens (tertiary/aromatic N) is 3. The van der Waals surface area contributed by atoms with Gasteiger partial charge in [-0.05, 0) is 31.7 Å². The van der Waals surface area contributed by atoms with E-state index >= 15 is 0 Å². The molecule has 1 unspecified atom stereocenters. The molecule has 0 bridgehead atoms. The van der Waals surface area contributed by atoms with Gasteiger partial charge in [-0.15, -0.1) is 0 Å². The number of benzene rings is 1. The first-order valence-corrected chi connectivity index (χ1v) is 9.17. The Hall–Kier alpha value is -1.59. The molecule has 1 atom stereocenters. The van der Waals surface area contributed by atoms with E-state index in [4.69, 9.17) is 15.5 Å². The molecule has 0 aliphatic carbocycles. The molecule has 2 saturated heterocycles. The van der Waals surface area contributed by atoms with Crippen LogP contribution in [0.2, 0.25) is 0 Å². The normalized spacial score (nSPS) is 21.7. The summed E-state index contributed by atoms with van der Waals surface area (Å²) in [6, 6.07) is 9.09. The number of aliphatic imine (C=N–C) groups is 1. The number of rotatable bonds is 4. The van der Waals surface area contributed by atoms with Gasteiger partial charge in [-0.3, -0.25) is 9.89 Å². The number of ether oxygens (including phenoxy) is 1. The smallest absolute Gasteiger partial charge is 0.191 e. The lowest BCUT2D eigenvalue weighted by molar-refractivity contribution is 0.0179. The van der Waals surface area contributed by atoms with Crippen LogP contribution in [-0.2, 0) is 4.74 Å². The SMILES string of the molecule is Cc1ccc(C(CN=C(N)N2CCCCC2)N2CCOCC2)cc1. The maximum Gasteiger partial charge on any atom is 0.191 e. The predicted molar refractivity (Wildman–Crippen MR) is 98.2 cm³/mol. The molecule has 2 N–H and O–H groups in total. The van der Waals surface area contributed by atoms with Crippen LogP contribution < -0.4 is 5.73 Å². The molecule has 5 nitrogen and oxygen atoms in total. The molecule has 24 heavy (non-hydrogen) atoms. The van der Waals surface area contributed by atoms with Crippen LogP contribution in [0.3, 0.4) is 0 Å². The molecule has 0 aromatic heterocycles. The Morgan fingerprint density at radius 3 is 2.42 bits per heavy atom. The van der Waals surface area contributed by atoms with Gasteiger partial charge in [0.25, 0.3) is 0 Å². The fourth-order valence-electron chi connectivity index (χ4n) is 3.51. The van der Waals surface area contributed by atoms with Gasteiger partial charge in [-0.1, -0.05) is 29.8 Å². The van der Waals surface area contributed by atoms with Gasteiger partial charge in [0, 0.05) is 26.2 Å². The van der Waals surface area contributed by atoms with Gasteiger partial charge in [0.15, 0.2) is 5.96 Å². The number of nitrogens with two attached hydrogens (primary N) is 1. The summed E-state index contributed by atoms with van der Waals surface area (Å²) in [6.45, 7) is 8.44. The zero-order chi connectivity index (χ0) is 16.8. The molecule has 0 radical (unpaired) electrons. The zero-order valence-electron chi connectivity index (χ0n) is 14.8. The van der Waals surface area contributed by atoms with Crippen molar-refractivity contribution in [3.05, 3.63) is 35.4 Å². The first kappa shape index (κ1) is 17.2. The van der Waals surface area contributed by atoms with Crippen LogP contribution >= 0.6 is 0 Å². The van der Waals surface area contributed by atoms with E-state index in [0.717, 1.165) is 39.4 Å². The largest absolute Gasteiger partial charge is 0.379 e. The highest BCUT2D eigenvalue weighted by Gasteiger charge is 2.23. The summed E-state index contributed by atoms with van der Waals surface area (Å²) in [5.74, 6) is 0.708. The lowest BCUT2D eigenvalue weighted by atomic mass is 10.0. The van der Waals surface area contributed by atoms with Crippen LogP contribution in [0.4, 0.5) is 0 Å². The summed E-state index contributed by atoms with van der Waals surface area (Å²) in [7, 11) is 0. The maximum atomic E-state index is 6.26. The highest BCUT2D eigenvalue weighted by molar-refractivity contribution is 5.78. The minimum absolute atomic E-state index is 0.276. The number of morpholine rings is 1. The van der Waals surface area contributed by atoms with E-state index in [2.05, 4.69) is 41.0 Å². The summed E-state index contributed by atoms with van der Waals surface area (Å²) >= 11 is 0. The number of likely N-dealkylation sites (tertiary alicyclic amines) is 1. The van der Waals surface area contributed by atoms with Crippen LogP contribution in [0.15, 0.2) is 29.3 Å². The summed E-state index contributed by atoms with van der Waals surface area (Å²) < 4.78 is 5.52.